The van der Waals surface area contributed by atoms with E-state index >= 15 is 0 Å². The average molecular weight is 283 g/mol. The van der Waals surface area contributed by atoms with Crippen LogP contribution >= 0.6 is 0 Å². The normalized spacial score (nSPS) is 22.2. The van der Waals surface area contributed by atoms with Gasteiger partial charge in [0.2, 0.25) is 0 Å². The first-order valence-electron chi connectivity index (χ1n) is 7.62. The second kappa shape index (κ2) is 5.84. The molecule has 1 aliphatic carbocycles. The van der Waals surface area contributed by atoms with Gasteiger partial charge in [-0.1, -0.05) is 17.7 Å². The van der Waals surface area contributed by atoms with Gasteiger partial charge in [-0.15, -0.1) is 0 Å². The Morgan fingerprint density at radius 2 is 1.90 bits per heavy atom. The fourth-order valence-corrected chi connectivity index (χ4v) is 3.28. The van der Waals surface area contributed by atoms with Crippen LogP contribution in [-0.4, -0.2) is 18.1 Å². The number of hydrogen-bond donors (Lipinski definition) is 0. The zero-order chi connectivity index (χ0) is 14.8. The Morgan fingerprint density at radius 1 is 1.14 bits per heavy atom. The minimum absolute atomic E-state index is 0.0598. The predicted molar refractivity (Wildman–Crippen MR) is 83.2 cm³/mol. The number of esters is 1. The zero-order valence-corrected chi connectivity index (χ0v) is 12.6. The number of aromatic nitrogens is 1. The Hall–Kier alpha value is -1.90. The molecule has 1 saturated carbocycles. The molecule has 1 aliphatic rings. The van der Waals surface area contributed by atoms with Gasteiger partial charge in [0.05, 0.1) is 18.5 Å². The molecule has 110 valence electrons. The second-order valence-corrected chi connectivity index (χ2v) is 6.00. The van der Waals surface area contributed by atoms with Gasteiger partial charge in [0.25, 0.3) is 0 Å². The lowest BCUT2D eigenvalue weighted by Gasteiger charge is -2.26. The van der Waals surface area contributed by atoms with Crippen molar-refractivity contribution in [2.45, 2.75) is 38.5 Å². The highest BCUT2D eigenvalue weighted by atomic mass is 16.5. The summed E-state index contributed by atoms with van der Waals surface area (Å²) in [6.07, 6.45) is 3.85. The molecule has 0 amide bonds. The van der Waals surface area contributed by atoms with Gasteiger partial charge in [0.15, 0.2) is 0 Å². The van der Waals surface area contributed by atoms with Gasteiger partial charge < -0.3 is 4.74 Å². The van der Waals surface area contributed by atoms with Crippen LogP contribution in [0.25, 0.3) is 10.9 Å². The molecule has 1 fully saturated rings. The van der Waals surface area contributed by atoms with E-state index < -0.39 is 0 Å². The Balaban J connectivity index is 1.76. The van der Waals surface area contributed by atoms with Gasteiger partial charge in [-0.3, -0.25) is 9.78 Å². The molecule has 3 nitrogen and oxygen atoms in total. The summed E-state index contributed by atoms with van der Waals surface area (Å²) in [5, 5.41) is 1.20. The maximum absolute atomic E-state index is 11.6. The van der Waals surface area contributed by atoms with Gasteiger partial charge in [-0.25, -0.2) is 0 Å². The minimum atomic E-state index is -0.0598. The van der Waals surface area contributed by atoms with Crippen LogP contribution in [0.1, 0.15) is 42.9 Å². The zero-order valence-electron chi connectivity index (χ0n) is 12.6. The van der Waals surface area contributed by atoms with Gasteiger partial charge in [0.1, 0.15) is 0 Å². The van der Waals surface area contributed by atoms with Crippen molar-refractivity contribution in [2.24, 2.45) is 5.92 Å². The number of hydrogen-bond acceptors (Lipinski definition) is 3. The smallest absolute Gasteiger partial charge is 0.308 e. The SMILES string of the molecule is COC(=O)C1CCC(c2ccc3cc(C)ccc3n2)CC1. The summed E-state index contributed by atoms with van der Waals surface area (Å²) >= 11 is 0. The molecule has 1 aromatic carbocycles. The number of carbonyl (C=O) groups is 1. The highest BCUT2D eigenvalue weighted by Crippen LogP contribution is 2.36. The van der Waals surface area contributed by atoms with Crippen molar-refractivity contribution in [2.75, 3.05) is 7.11 Å². The molecule has 1 heterocycles. The summed E-state index contributed by atoms with van der Waals surface area (Å²) in [4.78, 5) is 16.4. The third-order valence-corrected chi connectivity index (χ3v) is 4.55. The van der Waals surface area contributed by atoms with E-state index in [9.17, 15) is 4.79 Å². The maximum Gasteiger partial charge on any atom is 0.308 e. The lowest BCUT2D eigenvalue weighted by atomic mass is 9.80. The minimum Gasteiger partial charge on any atom is -0.469 e. The van der Waals surface area contributed by atoms with Crippen LogP contribution in [0.3, 0.4) is 0 Å². The number of pyridine rings is 1. The van der Waals surface area contributed by atoms with E-state index in [-0.39, 0.29) is 11.9 Å². The van der Waals surface area contributed by atoms with Crippen molar-refractivity contribution >= 4 is 16.9 Å². The van der Waals surface area contributed by atoms with Crippen LogP contribution in [0.2, 0.25) is 0 Å². The largest absolute Gasteiger partial charge is 0.469 e. The molecule has 0 N–H and O–H groups in total. The molecule has 0 saturated heterocycles. The summed E-state index contributed by atoms with van der Waals surface area (Å²) in [5.74, 6) is 0.487. The van der Waals surface area contributed by atoms with Crippen molar-refractivity contribution in [1.29, 1.82) is 0 Å². The van der Waals surface area contributed by atoms with E-state index in [1.165, 1.54) is 18.1 Å². The molecule has 0 aliphatic heterocycles. The standard InChI is InChI=1S/C18H21NO2/c1-12-3-9-17-15(11-12)8-10-16(19-17)13-4-6-14(7-5-13)18(20)21-2/h3,8-11,13-14H,4-7H2,1-2H3. The number of fused-ring (bicyclic) bond motifs is 1. The van der Waals surface area contributed by atoms with E-state index in [1.54, 1.807) is 0 Å². The lowest BCUT2D eigenvalue weighted by molar-refractivity contribution is -0.146. The molecule has 0 spiro atoms. The van der Waals surface area contributed by atoms with Crippen molar-refractivity contribution < 1.29 is 9.53 Å². The van der Waals surface area contributed by atoms with Crippen LogP contribution in [0.5, 0.6) is 0 Å². The third kappa shape index (κ3) is 2.92. The molecule has 1 aromatic heterocycles. The highest BCUT2D eigenvalue weighted by Gasteiger charge is 2.28. The topological polar surface area (TPSA) is 39.2 Å². The summed E-state index contributed by atoms with van der Waals surface area (Å²) in [5.41, 5.74) is 3.48. The number of benzene rings is 1. The van der Waals surface area contributed by atoms with Gasteiger partial charge in [-0.2, -0.15) is 0 Å². The van der Waals surface area contributed by atoms with Gasteiger partial charge in [0, 0.05) is 17.0 Å². The average Bonchev–Trinajstić information content (AvgIpc) is 2.53. The van der Waals surface area contributed by atoms with E-state index in [0.717, 1.165) is 36.9 Å². The maximum atomic E-state index is 11.6. The molecule has 3 heteroatoms. The number of ether oxygens (including phenoxy) is 1. The first-order chi connectivity index (χ1) is 10.2. The van der Waals surface area contributed by atoms with Crippen LogP contribution in [0.4, 0.5) is 0 Å². The quantitative estimate of drug-likeness (QED) is 0.782. The van der Waals surface area contributed by atoms with E-state index in [4.69, 9.17) is 9.72 Å². The number of carbonyl (C=O) groups excluding carboxylic acids is 1. The van der Waals surface area contributed by atoms with Crippen LogP contribution in [0.15, 0.2) is 30.3 Å². The van der Waals surface area contributed by atoms with E-state index in [1.807, 2.05) is 0 Å². The Labute approximate surface area is 125 Å². The molecule has 0 bridgehead atoms. The molecule has 3 rings (SSSR count). The Bertz CT molecular complexity index is 657. The number of methoxy groups -OCH3 is 1. The lowest BCUT2D eigenvalue weighted by Crippen LogP contribution is -2.22. The monoisotopic (exact) mass is 283 g/mol. The molecule has 21 heavy (non-hydrogen) atoms. The van der Waals surface area contributed by atoms with Crippen LogP contribution in [0, 0.1) is 12.8 Å². The number of nitrogens with zero attached hydrogens (tertiary/aromatic N) is 1. The van der Waals surface area contributed by atoms with Crippen LogP contribution < -0.4 is 0 Å². The molecule has 0 radical (unpaired) electrons. The second-order valence-electron chi connectivity index (χ2n) is 6.00. The number of aryl methyl sites for hydroxylation is 1. The van der Waals surface area contributed by atoms with E-state index in [0.29, 0.717) is 5.92 Å². The first-order valence-corrected chi connectivity index (χ1v) is 7.62. The fourth-order valence-electron chi connectivity index (χ4n) is 3.28. The summed E-state index contributed by atoms with van der Waals surface area (Å²) < 4.78 is 4.84. The molecular formula is C18H21NO2. The van der Waals surface area contributed by atoms with Crippen molar-refractivity contribution in [1.82, 2.24) is 4.98 Å². The highest BCUT2D eigenvalue weighted by molar-refractivity contribution is 5.79. The molecular weight excluding hydrogens is 262 g/mol. The third-order valence-electron chi connectivity index (χ3n) is 4.55. The molecule has 2 aromatic rings. The summed E-state index contributed by atoms with van der Waals surface area (Å²) in [7, 11) is 1.47. The number of rotatable bonds is 2. The summed E-state index contributed by atoms with van der Waals surface area (Å²) in [6, 6.07) is 10.7. The van der Waals surface area contributed by atoms with Crippen molar-refractivity contribution in [3.8, 4) is 0 Å². The molecule has 0 atom stereocenters. The van der Waals surface area contributed by atoms with E-state index in [2.05, 4.69) is 37.3 Å². The van der Waals surface area contributed by atoms with Crippen molar-refractivity contribution in [3.05, 3.63) is 41.6 Å². The molecule has 0 unspecified atom stereocenters. The van der Waals surface area contributed by atoms with Crippen molar-refractivity contribution in [3.63, 3.8) is 0 Å². The predicted octanol–water partition coefficient (Wildman–Crippen LogP) is 3.99. The van der Waals surface area contributed by atoms with Gasteiger partial charge >= 0.3 is 5.97 Å². The Morgan fingerprint density at radius 3 is 2.62 bits per heavy atom. The Kier molecular flexibility index (Phi) is 3.91. The van der Waals surface area contributed by atoms with Gasteiger partial charge in [-0.05, 0) is 50.8 Å². The fraction of sp³-hybridized carbons (Fsp3) is 0.444. The van der Waals surface area contributed by atoms with Crippen LogP contribution in [-0.2, 0) is 9.53 Å². The first kappa shape index (κ1) is 14.1. The summed E-state index contributed by atoms with van der Waals surface area (Å²) in [6.45, 7) is 2.10.